The number of aryl methyl sites for hydroxylation is 1. The molecule has 1 heterocycles. The second-order valence-corrected chi connectivity index (χ2v) is 4.99. The summed E-state index contributed by atoms with van der Waals surface area (Å²) >= 11 is 0. The van der Waals surface area contributed by atoms with E-state index in [1.165, 1.54) is 37.1 Å². The van der Waals surface area contributed by atoms with E-state index in [9.17, 15) is 0 Å². The van der Waals surface area contributed by atoms with E-state index in [-0.39, 0.29) is 0 Å². The van der Waals surface area contributed by atoms with E-state index < -0.39 is 0 Å². The maximum atomic E-state index is 5.93. The van der Waals surface area contributed by atoms with Crippen LogP contribution in [0.3, 0.4) is 0 Å². The molecule has 0 saturated carbocycles. The number of nitrogens with two attached hydrogens (primary N) is 1. The molecule has 0 spiro atoms. The van der Waals surface area contributed by atoms with E-state index >= 15 is 0 Å². The summed E-state index contributed by atoms with van der Waals surface area (Å²) in [6, 6.07) is 6.44. The first-order valence-electron chi connectivity index (χ1n) is 6.26. The van der Waals surface area contributed by atoms with Crippen molar-refractivity contribution < 1.29 is 0 Å². The SMILES string of the molecule is CCC1CCN(Cc2ccc(C)c(N)c2)C1. The molecule has 1 unspecified atom stereocenters. The van der Waals surface area contributed by atoms with E-state index in [4.69, 9.17) is 5.73 Å². The molecule has 0 bridgehead atoms. The van der Waals surface area contributed by atoms with Crippen LogP contribution in [0.15, 0.2) is 18.2 Å². The average molecular weight is 218 g/mol. The molecular weight excluding hydrogens is 196 g/mol. The number of benzene rings is 1. The lowest BCUT2D eigenvalue weighted by molar-refractivity contribution is 0.315. The van der Waals surface area contributed by atoms with Crippen molar-refractivity contribution in [2.45, 2.75) is 33.2 Å². The molecule has 0 radical (unpaired) electrons. The minimum atomic E-state index is 0.905. The number of rotatable bonds is 3. The zero-order valence-electron chi connectivity index (χ0n) is 10.4. The van der Waals surface area contributed by atoms with E-state index in [0.29, 0.717) is 0 Å². The topological polar surface area (TPSA) is 29.3 Å². The smallest absolute Gasteiger partial charge is 0.0346 e. The van der Waals surface area contributed by atoms with Gasteiger partial charge in [0.1, 0.15) is 0 Å². The van der Waals surface area contributed by atoms with Crippen LogP contribution in [-0.4, -0.2) is 18.0 Å². The predicted octanol–water partition coefficient (Wildman–Crippen LogP) is 2.81. The molecule has 16 heavy (non-hydrogen) atoms. The van der Waals surface area contributed by atoms with Crippen molar-refractivity contribution in [3.8, 4) is 0 Å². The fraction of sp³-hybridized carbons (Fsp3) is 0.571. The summed E-state index contributed by atoms with van der Waals surface area (Å²) in [5, 5.41) is 0. The molecule has 0 amide bonds. The van der Waals surface area contributed by atoms with Crippen LogP contribution >= 0.6 is 0 Å². The standard InChI is InChI=1S/C14H22N2/c1-3-12-6-7-16(9-12)10-13-5-4-11(2)14(15)8-13/h4-5,8,12H,3,6-7,9-10,15H2,1-2H3. The van der Waals surface area contributed by atoms with Crippen molar-refractivity contribution in [3.63, 3.8) is 0 Å². The van der Waals surface area contributed by atoms with Gasteiger partial charge in [-0.3, -0.25) is 4.90 Å². The van der Waals surface area contributed by atoms with Gasteiger partial charge in [0.25, 0.3) is 0 Å². The van der Waals surface area contributed by atoms with Crippen molar-refractivity contribution in [2.24, 2.45) is 5.92 Å². The maximum Gasteiger partial charge on any atom is 0.0346 e. The van der Waals surface area contributed by atoms with Gasteiger partial charge >= 0.3 is 0 Å². The lowest BCUT2D eigenvalue weighted by atomic mass is 10.1. The van der Waals surface area contributed by atoms with Gasteiger partial charge in [-0.1, -0.05) is 25.5 Å². The summed E-state index contributed by atoms with van der Waals surface area (Å²) in [4.78, 5) is 2.54. The van der Waals surface area contributed by atoms with Crippen molar-refractivity contribution in [1.29, 1.82) is 0 Å². The minimum Gasteiger partial charge on any atom is -0.399 e. The van der Waals surface area contributed by atoms with Crippen molar-refractivity contribution in [2.75, 3.05) is 18.8 Å². The Bertz CT molecular complexity index is 360. The van der Waals surface area contributed by atoms with E-state index in [1.54, 1.807) is 0 Å². The van der Waals surface area contributed by atoms with Gasteiger partial charge < -0.3 is 5.73 Å². The number of nitrogens with zero attached hydrogens (tertiary/aromatic N) is 1. The number of hydrogen-bond donors (Lipinski definition) is 1. The molecule has 1 atom stereocenters. The first-order chi connectivity index (χ1) is 7.69. The van der Waals surface area contributed by atoms with Crippen molar-refractivity contribution in [3.05, 3.63) is 29.3 Å². The van der Waals surface area contributed by atoms with Crippen LogP contribution in [0, 0.1) is 12.8 Å². The zero-order valence-corrected chi connectivity index (χ0v) is 10.4. The highest BCUT2D eigenvalue weighted by atomic mass is 15.1. The van der Waals surface area contributed by atoms with Crippen LogP contribution in [0.25, 0.3) is 0 Å². The van der Waals surface area contributed by atoms with Gasteiger partial charge in [0, 0.05) is 18.8 Å². The summed E-state index contributed by atoms with van der Waals surface area (Å²) in [5.41, 5.74) is 9.37. The van der Waals surface area contributed by atoms with E-state index in [2.05, 4.69) is 36.9 Å². The summed E-state index contributed by atoms with van der Waals surface area (Å²) in [6.07, 6.45) is 2.67. The van der Waals surface area contributed by atoms with Crippen LogP contribution < -0.4 is 5.73 Å². The van der Waals surface area contributed by atoms with Gasteiger partial charge in [-0.05, 0) is 43.0 Å². The summed E-state index contributed by atoms with van der Waals surface area (Å²) in [7, 11) is 0. The lowest BCUT2D eigenvalue weighted by Gasteiger charge is -2.16. The molecule has 0 aliphatic carbocycles. The molecule has 1 aromatic carbocycles. The van der Waals surface area contributed by atoms with Crippen LogP contribution in [0.1, 0.15) is 30.9 Å². The van der Waals surface area contributed by atoms with E-state index in [1.807, 2.05) is 0 Å². The van der Waals surface area contributed by atoms with Gasteiger partial charge in [0.2, 0.25) is 0 Å². The summed E-state index contributed by atoms with van der Waals surface area (Å²) < 4.78 is 0. The number of anilines is 1. The van der Waals surface area contributed by atoms with Crippen LogP contribution in [0.5, 0.6) is 0 Å². The first kappa shape index (κ1) is 11.5. The second kappa shape index (κ2) is 4.88. The quantitative estimate of drug-likeness (QED) is 0.790. The third-order valence-electron chi connectivity index (χ3n) is 3.70. The van der Waals surface area contributed by atoms with Gasteiger partial charge in [-0.25, -0.2) is 0 Å². The van der Waals surface area contributed by atoms with Gasteiger partial charge in [0.05, 0.1) is 0 Å². The monoisotopic (exact) mass is 218 g/mol. The minimum absolute atomic E-state index is 0.905. The Morgan fingerprint density at radius 1 is 1.44 bits per heavy atom. The molecule has 1 aliphatic heterocycles. The van der Waals surface area contributed by atoms with Crippen LogP contribution in [0.4, 0.5) is 5.69 Å². The Hall–Kier alpha value is -1.02. The predicted molar refractivity (Wildman–Crippen MR) is 69.3 cm³/mol. The second-order valence-electron chi connectivity index (χ2n) is 4.99. The molecule has 2 rings (SSSR count). The normalized spacial score (nSPS) is 21.5. The van der Waals surface area contributed by atoms with Crippen molar-refractivity contribution >= 4 is 5.69 Å². The van der Waals surface area contributed by atoms with Gasteiger partial charge in [0.15, 0.2) is 0 Å². The molecule has 88 valence electrons. The van der Waals surface area contributed by atoms with Gasteiger partial charge in [-0.15, -0.1) is 0 Å². The first-order valence-corrected chi connectivity index (χ1v) is 6.26. The molecule has 2 heteroatoms. The molecule has 2 nitrogen and oxygen atoms in total. The zero-order chi connectivity index (χ0) is 11.5. The maximum absolute atomic E-state index is 5.93. The highest BCUT2D eigenvalue weighted by Crippen LogP contribution is 2.22. The molecule has 1 fully saturated rings. The number of hydrogen-bond acceptors (Lipinski definition) is 2. The molecule has 0 aromatic heterocycles. The molecule has 1 saturated heterocycles. The Labute approximate surface area is 98.4 Å². The molecule has 1 aromatic rings. The van der Waals surface area contributed by atoms with E-state index in [0.717, 1.165) is 18.2 Å². The molecule has 2 N–H and O–H groups in total. The fourth-order valence-corrected chi connectivity index (χ4v) is 2.44. The Kier molecular flexibility index (Phi) is 3.49. The highest BCUT2D eigenvalue weighted by Gasteiger charge is 2.20. The van der Waals surface area contributed by atoms with Crippen LogP contribution in [-0.2, 0) is 6.54 Å². The highest BCUT2D eigenvalue weighted by molar-refractivity contribution is 5.48. The fourth-order valence-electron chi connectivity index (χ4n) is 2.44. The third-order valence-corrected chi connectivity index (χ3v) is 3.70. The van der Waals surface area contributed by atoms with Gasteiger partial charge in [-0.2, -0.15) is 0 Å². The number of likely N-dealkylation sites (tertiary alicyclic amines) is 1. The Morgan fingerprint density at radius 3 is 2.88 bits per heavy atom. The average Bonchev–Trinajstić information content (AvgIpc) is 2.71. The Morgan fingerprint density at radius 2 is 2.25 bits per heavy atom. The molecular formula is C14H22N2. The number of nitrogen functional groups attached to an aromatic ring is 1. The molecule has 1 aliphatic rings. The third kappa shape index (κ3) is 2.56. The Balaban J connectivity index is 1.97. The van der Waals surface area contributed by atoms with Crippen molar-refractivity contribution in [1.82, 2.24) is 4.90 Å². The lowest BCUT2D eigenvalue weighted by Crippen LogP contribution is -2.20. The summed E-state index contributed by atoms with van der Waals surface area (Å²) in [5.74, 6) is 0.905. The van der Waals surface area contributed by atoms with Crippen LogP contribution in [0.2, 0.25) is 0 Å². The summed E-state index contributed by atoms with van der Waals surface area (Å²) in [6.45, 7) is 7.90. The largest absolute Gasteiger partial charge is 0.399 e.